The van der Waals surface area contributed by atoms with Crippen LogP contribution in [0.1, 0.15) is 26.0 Å². The van der Waals surface area contributed by atoms with Crippen molar-refractivity contribution in [2.45, 2.75) is 27.2 Å². The lowest BCUT2D eigenvalue weighted by Crippen LogP contribution is -2.29. The van der Waals surface area contributed by atoms with Crippen LogP contribution in [0, 0.1) is 6.92 Å². The number of nitrogens with one attached hydrogen (secondary N) is 1. The molecule has 1 fully saturated rings. The van der Waals surface area contributed by atoms with Gasteiger partial charge in [-0.05, 0) is 25.5 Å². The van der Waals surface area contributed by atoms with E-state index in [2.05, 4.69) is 20.1 Å². The standard InChI is InChI=1S/C9H13N3S.C2H6/c1-8-3-4-9(7-10-8)12-6-2-5-11-13-12;1-2/h3-4,7,11H,2,5-6H2,1H3;1-2H3. The van der Waals surface area contributed by atoms with Gasteiger partial charge in [0.05, 0.1) is 11.9 Å². The highest BCUT2D eigenvalue weighted by atomic mass is 32.2. The van der Waals surface area contributed by atoms with E-state index in [1.807, 2.05) is 33.0 Å². The Morgan fingerprint density at radius 2 is 2.20 bits per heavy atom. The Labute approximate surface area is 96.5 Å². The molecule has 15 heavy (non-hydrogen) atoms. The van der Waals surface area contributed by atoms with E-state index in [0.717, 1.165) is 18.8 Å². The van der Waals surface area contributed by atoms with Crippen LogP contribution in [0.15, 0.2) is 18.3 Å². The molecule has 0 aliphatic carbocycles. The van der Waals surface area contributed by atoms with Gasteiger partial charge in [-0.2, -0.15) is 0 Å². The molecule has 0 unspecified atom stereocenters. The van der Waals surface area contributed by atoms with Crippen LogP contribution < -0.4 is 9.03 Å². The second-order valence-electron chi connectivity index (χ2n) is 3.10. The number of hydrogen-bond acceptors (Lipinski definition) is 4. The molecule has 0 aromatic carbocycles. The third-order valence-corrected chi connectivity index (χ3v) is 2.95. The summed E-state index contributed by atoms with van der Waals surface area (Å²) in [6.45, 7) is 8.20. The SMILES string of the molecule is CC.Cc1ccc(N2CCCNS2)cn1. The smallest absolute Gasteiger partial charge is 0.0665 e. The first-order valence-electron chi connectivity index (χ1n) is 5.46. The van der Waals surface area contributed by atoms with E-state index in [1.54, 1.807) is 12.1 Å². The van der Waals surface area contributed by atoms with Gasteiger partial charge in [-0.25, -0.2) is 4.72 Å². The van der Waals surface area contributed by atoms with Crippen molar-refractivity contribution >= 4 is 17.8 Å². The fourth-order valence-corrected chi connectivity index (χ4v) is 2.08. The van der Waals surface area contributed by atoms with E-state index in [-0.39, 0.29) is 0 Å². The number of aromatic nitrogens is 1. The van der Waals surface area contributed by atoms with Gasteiger partial charge in [0.2, 0.25) is 0 Å². The predicted molar refractivity (Wildman–Crippen MR) is 67.9 cm³/mol. The summed E-state index contributed by atoms with van der Waals surface area (Å²) in [6, 6.07) is 4.16. The van der Waals surface area contributed by atoms with Gasteiger partial charge in [0, 0.05) is 30.9 Å². The van der Waals surface area contributed by atoms with Crippen molar-refractivity contribution in [2.75, 3.05) is 17.4 Å². The third kappa shape index (κ3) is 3.72. The van der Waals surface area contributed by atoms with Crippen molar-refractivity contribution in [3.05, 3.63) is 24.0 Å². The monoisotopic (exact) mass is 225 g/mol. The van der Waals surface area contributed by atoms with E-state index >= 15 is 0 Å². The largest absolute Gasteiger partial charge is 0.302 e. The number of hydrogen-bond donors (Lipinski definition) is 1. The number of nitrogens with zero attached hydrogens (tertiary/aromatic N) is 2. The molecule has 2 rings (SSSR count). The van der Waals surface area contributed by atoms with E-state index in [9.17, 15) is 0 Å². The fraction of sp³-hybridized carbons (Fsp3) is 0.545. The summed E-state index contributed by atoms with van der Waals surface area (Å²) in [4.78, 5) is 4.27. The van der Waals surface area contributed by atoms with Crippen molar-refractivity contribution in [2.24, 2.45) is 0 Å². The first kappa shape index (κ1) is 12.3. The van der Waals surface area contributed by atoms with Crippen molar-refractivity contribution < 1.29 is 0 Å². The molecule has 3 nitrogen and oxygen atoms in total. The van der Waals surface area contributed by atoms with Crippen LogP contribution in [0.2, 0.25) is 0 Å². The minimum atomic E-state index is 1.07. The molecule has 1 aromatic heterocycles. The molecule has 1 aliphatic heterocycles. The summed E-state index contributed by atoms with van der Waals surface area (Å²) >= 11 is 1.67. The summed E-state index contributed by atoms with van der Waals surface area (Å²) in [7, 11) is 0. The van der Waals surface area contributed by atoms with Crippen molar-refractivity contribution in [1.82, 2.24) is 9.71 Å². The van der Waals surface area contributed by atoms with Gasteiger partial charge in [-0.1, -0.05) is 13.8 Å². The molecule has 1 saturated heterocycles. The Kier molecular flexibility index (Phi) is 5.50. The lowest BCUT2D eigenvalue weighted by molar-refractivity contribution is 0.776. The van der Waals surface area contributed by atoms with Gasteiger partial charge < -0.3 is 4.31 Å². The molecule has 1 aliphatic rings. The predicted octanol–water partition coefficient (Wildman–Crippen LogP) is 2.78. The van der Waals surface area contributed by atoms with Gasteiger partial charge in [-0.15, -0.1) is 0 Å². The highest BCUT2D eigenvalue weighted by Gasteiger charge is 2.11. The number of anilines is 1. The van der Waals surface area contributed by atoms with Gasteiger partial charge >= 0.3 is 0 Å². The minimum Gasteiger partial charge on any atom is -0.302 e. The number of pyridine rings is 1. The molecule has 84 valence electrons. The summed E-state index contributed by atoms with van der Waals surface area (Å²) in [6.07, 6.45) is 3.12. The molecule has 0 atom stereocenters. The maximum atomic E-state index is 4.27. The zero-order chi connectivity index (χ0) is 11.1. The molecule has 0 bridgehead atoms. The first-order chi connectivity index (χ1) is 7.36. The maximum absolute atomic E-state index is 4.27. The topological polar surface area (TPSA) is 28.2 Å². The molecule has 1 N–H and O–H groups in total. The molecule has 4 heteroatoms. The average molecular weight is 225 g/mol. The normalized spacial score (nSPS) is 15.5. The zero-order valence-corrected chi connectivity index (χ0v) is 10.5. The lowest BCUT2D eigenvalue weighted by atomic mass is 10.3. The quantitative estimate of drug-likeness (QED) is 0.744. The molecular formula is C11H19N3S. The van der Waals surface area contributed by atoms with E-state index < -0.39 is 0 Å². The summed E-state index contributed by atoms with van der Waals surface area (Å²) in [5.74, 6) is 0. The Hall–Kier alpha value is -0.740. The minimum absolute atomic E-state index is 1.07. The van der Waals surface area contributed by atoms with Gasteiger partial charge in [0.15, 0.2) is 0 Å². The van der Waals surface area contributed by atoms with Gasteiger partial charge in [-0.3, -0.25) is 4.98 Å². The Morgan fingerprint density at radius 3 is 2.73 bits per heavy atom. The van der Waals surface area contributed by atoms with Crippen LogP contribution in [0.5, 0.6) is 0 Å². The van der Waals surface area contributed by atoms with Gasteiger partial charge in [0.1, 0.15) is 0 Å². The van der Waals surface area contributed by atoms with Crippen LogP contribution >= 0.6 is 12.1 Å². The molecule has 2 heterocycles. The van der Waals surface area contributed by atoms with Crippen molar-refractivity contribution in [3.8, 4) is 0 Å². The first-order valence-corrected chi connectivity index (χ1v) is 6.23. The molecule has 0 saturated carbocycles. The highest BCUT2D eigenvalue weighted by molar-refractivity contribution is 7.98. The molecular weight excluding hydrogens is 206 g/mol. The van der Waals surface area contributed by atoms with Gasteiger partial charge in [0.25, 0.3) is 0 Å². The highest BCUT2D eigenvalue weighted by Crippen LogP contribution is 2.22. The van der Waals surface area contributed by atoms with Crippen LogP contribution in [0.4, 0.5) is 5.69 Å². The Bertz CT molecular complexity index is 268. The second-order valence-corrected chi connectivity index (χ2v) is 4.01. The van der Waals surface area contributed by atoms with Crippen LogP contribution in [0.3, 0.4) is 0 Å². The molecule has 0 radical (unpaired) electrons. The average Bonchev–Trinajstić information content (AvgIpc) is 2.34. The second kappa shape index (κ2) is 6.69. The fourth-order valence-electron chi connectivity index (χ4n) is 1.25. The Morgan fingerprint density at radius 1 is 1.40 bits per heavy atom. The zero-order valence-electron chi connectivity index (χ0n) is 9.66. The maximum Gasteiger partial charge on any atom is 0.0665 e. The number of rotatable bonds is 1. The molecule has 0 amide bonds. The van der Waals surface area contributed by atoms with Crippen molar-refractivity contribution in [3.63, 3.8) is 0 Å². The molecule has 1 aromatic rings. The van der Waals surface area contributed by atoms with Crippen LogP contribution in [-0.4, -0.2) is 18.1 Å². The lowest BCUT2D eigenvalue weighted by Gasteiger charge is -2.26. The number of aryl methyl sites for hydroxylation is 1. The molecule has 0 spiro atoms. The van der Waals surface area contributed by atoms with Crippen LogP contribution in [0.25, 0.3) is 0 Å². The van der Waals surface area contributed by atoms with Crippen molar-refractivity contribution in [1.29, 1.82) is 0 Å². The summed E-state index contributed by atoms with van der Waals surface area (Å²) in [5, 5.41) is 0. The van der Waals surface area contributed by atoms with E-state index in [1.165, 1.54) is 12.1 Å². The Balaban J connectivity index is 0.000000531. The van der Waals surface area contributed by atoms with Crippen LogP contribution in [-0.2, 0) is 0 Å². The van der Waals surface area contributed by atoms with E-state index in [0.29, 0.717) is 0 Å². The summed E-state index contributed by atoms with van der Waals surface area (Å²) in [5.41, 5.74) is 2.25. The van der Waals surface area contributed by atoms with E-state index in [4.69, 9.17) is 0 Å². The summed E-state index contributed by atoms with van der Waals surface area (Å²) < 4.78 is 5.49. The third-order valence-electron chi connectivity index (χ3n) is 2.00.